The van der Waals surface area contributed by atoms with Crippen LogP contribution < -0.4 is 5.32 Å². The maximum Gasteiger partial charge on any atom is 0.398 e. The van der Waals surface area contributed by atoms with Crippen LogP contribution in [0, 0.1) is 0 Å². The number of hydrogen-bond donors (Lipinski definition) is 1. The minimum absolute atomic E-state index is 0.0929. The van der Waals surface area contributed by atoms with Crippen molar-refractivity contribution in [1.82, 2.24) is 5.32 Å². The molecular formula is C13H18NO5P. The lowest BCUT2D eigenvalue weighted by atomic mass is 10.2. The molecule has 1 aromatic carbocycles. The van der Waals surface area contributed by atoms with Crippen LogP contribution in [0.25, 0.3) is 0 Å². The van der Waals surface area contributed by atoms with Gasteiger partial charge in [0.05, 0.1) is 19.8 Å². The zero-order chi connectivity index (χ0) is 15.0. The largest absolute Gasteiger partial charge is 0.398 e. The van der Waals surface area contributed by atoms with Crippen molar-refractivity contribution < 1.29 is 23.2 Å². The highest BCUT2D eigenvalue weighted by Gasteiger charge is 2.33. The Hall–Kier alpha value is -1.49. The molecule has 0 unspecified atom stereocenters. The summed E-state index contributed by atoms with van der Waals surface area (Å²) in [6, 6.07) is 8.43. The van der Waals surface area contributed by atoms with E-state index >= 15 is 0 Å². The summed E-state index contributed by atoms with van der Waals surface area (Å²) in [5.74, 6) is -0.418. The van der Waals surface area contributed by atoms with E-state index in [9.17, 15) is 14.2 Å². The lowest BCUT2D eigenvalue weighted by molar-refractivity contribution is -0.113. The molecule has 1 aromatic rings. The predicted molar refractivity (Wildman–Crippen MR) is 74.6 cm³/mol. The summed E-state index contributed by atoms with van der Waals surface area (Å²) < 4.78 is 21.9. The molecule has 0 aliphatic rings. The van der Waals surface area contributed by atoms with E-state index in [1.807, 2.05) is 0 Å². The van der Waals surface area contributed by atoms with Crippen LogP contribution in [0.3, 0.4) is 0 Å². The van der Waals surface area contributed by atoms with Crippen LogP contribution in [0.4, 0.5) is 0 Å². The number of hydrogen-bond acceptors (Lipinski definition) is 5. The van der Waals surface area contributed by atoms with Crippen LogP contribution in [-0.4, -0.2) is 31.2 Å². The van der Waals surface area contributed by atoms with Crippen LogP contribution in [0.5, 0.6) is 0 Å². The van der Waals surface area contributed by atoms with Gasteiger partial charge < -0.3 is 14.4 Å². The van der Waals surface area contributed by atoms with E-state index in [4.69, 9.17) is 9.05 Å². The fraction of sp³-hybridized carbons (Fsp3) is 0.385. The molecule has 7 heteroatoms. The van der Waals surface area contributed by atoms with E-state index in [1.165, 1.54) is 0 Å². The van der Waals surface area contributed by atoms with Crippen LogP contribution >= 0.6 is 7.60 Å². The fourth-order valence-corrected chi connectivity index (χ4v) is 2.78. The summed E-state index contributed by atoms with van der Waals surface area (Å²) in [6.45, 7) is 3.01. The quantitative estimate of drug-likeness (QED) is 0.744. The average Bonchev–Trinajstić information content (AvgIpc) is 2.45. The third-order valence-corrected chi connectivity index (χ3v) is 4.30. The van der Waals surface area contributed by atoms with Gasteiger partial charge in [-0.3, -0.25) is 14.2 Å². The van der Waals surface area contributed by atoms with Crippen LogP contribution in [0.1, 0.15) is 24.2 Å². The van der Waals surface area contributed by atoms with E-state index in [0.29, 0.717) is 5.56 Å². The van der Waals surface area contributed by atoms with E-state index in [0.717, 1.165) is 0 Å². The normalized spacial score (nSPS) is 11.1. The SMILES string of the molecule is CCOP(=O)(OCC)C(=O)CNC(=O)c1ccccc1. The van der Waals surface area contributed by atoms with E-state index < -0.39 is 25.6 Å². The molecule has 0 fully saturated rings. The molecule has 6 nitrogen and oxygen atoms in total. The Bertz CT molecular complexity index is 493. The van der Waals surface area contributed by atoms with Crippen LogP contribution in [-0.2, 0) is 18.4 Å². The van der Waals surface area contributed by atoms with Crippen molar-refractivity contribution in [3.8, 4) is 0 Å². The summed E-state index contributed by atoms with van der Waals surface area (Å²) in [7, 11) is -3.81. The van der Waals surface area contributed by atoms with Gasteiger partial charge in [-0.15, -0.1) is 0 Å². The van der Waals surface area contributed by atoms with Gasteiger partial charge in [0, 0.05) is 5.56 Å². The molecule has 0 heterocycles. The fourth-order valence-electron chi connectivity index (χ4n) is 1.47. The summed E-state index contributed by atoms with van der Waals surface area (Å²) in [6.07, 6.45) is 0. The summed E-state index contributed by atoms with van der Waals surface area (Å²) in [5.41, 5.74) is -0.339. The number of amides is 1. The van der Waals surface area contributed by atoms with Gasteiger partial charge in [0.1, 0.15) is 0 Å². The van der Waals surface area contributed by atoms with E-state index in [1.54, 1.807) is 44.2 Å². The smallest absolute Gasteiger partial charge is 0.344 e. The Morgan fingerprint density at radius 2 is 1.65 bits per heavy atom. The van der Waals surface area contributed by atoms with Crippen molar-refractivity contribution in [2.45, 2.75) is 13.8 Å². The van der Waals surface area contributed by atoms with Gasteiger partial charge in [-0.25, -0.2) is 0 Å². The van der Waals surface area contributed by atoms with Crippen molar-refractivity contribution >= 4 is 19.0 Å². The topological polar surface area (TPSA) is 81.7 Å². The van der Waals surface area contributed by atoms with Gasteiger partial charge in [-0.2, -0.15) is 0 Å². The van der Waals surface area contributed by atoms with E-state index in [2.05, 4.69) is 5.32 Å². The Balaban J connectivity index is 2.62. The van der Waals surface area contributed by atoms with Crippen LogP contribution in [0.15, 0.2) is 30.3 Å². The molecule has 0 saturated heterocycles. The second-order valence-corrected chi connectivity index (χ2v) is 5.79. The Kier molecular flexibility index (Phi) is 6.58. The molecule has 0 aromatic heterocycles. The molecular weight excluding hydrogens is 281 g/mol. The highest BCUT2D eigenvalue weighted by atomic mass is 31.2. The van der Waals surface area contributed by atoms with Crippen molar-refractivity contribution in [2.24, 2.45) is 0 Å². The minimum atomic E-state index is -3.81. The molecule has 0 atom stereocenters. The standard InChI is InChI=1S/C13H18NO5P/c1-3-18-20(17,19-4-2)12(15)10-14-13(16)11-8-6-5-7-9-11/h5-9H,3-4,10H2,1-2H3,(H,14,16). The lowest BCUT2D eigenvalue weighted by Gasteiger charge is -2.15. The maximum atomic E-state index is 12.1. The van der Waals surface area contributed by atoms with Gasteiger partial charge in [0.15, 0.2) is 0 Å². The first-order valence-electron chi connectivity index (χ1n) is 6.29. The number of rotatable bonds is 8. The Labute approximate surface area is 118 Å². The molecule has 1 N–H and O–H groups in total. The van der Waals surface area contributed by atoms with Gasteiger partial charge >= 0.3 is 7.60 Å². The number of carbonyl (C=O) groups is 2. The van der Waals surface area contributed by atoms with Crippen molar-refractivity contribution in [3.63, 3.8) is 0 Å². The summed E-state index contributed by atoms with van der Waals surface area (Å²) >= 11 is 0. The molecule has 1 amide bonds. The lowest BCUT2D eigenvalue weighted by Crippen LogP contribution is -2.30. The minimum Gasteiger partial charge on any atom is -0.344 e. The third-order valence-electron chi connectivity index (χ3n) is 2.34. The Morgan fingerprint density at radius 3 is 2.15 bits per heavy atom. The monoisotopic (exact) mass is 299 g/mol. The summed E-state index contributed by atoms with van der Waals surface area (Å²) in [5, 5.41) is 2.40. The average molecular weight is 299 g/mol. The molecule has 0 aliphatic heterocycles. The second-order valence-electron chi connectivity index (χ2n) is 3.78. The predicted octanol–water partition coefficient (Wildman–Crippen LogP) is 2.21. The van der Waals surface area contributed by atoms with Crippen molar-refractivity contribution in [3.05, 3.63) is 35.9 Å². The zero-order valence-corrected chi connectivity index (χ0v) is 12.4. The molecule has 0 radical (unpaired) electrons. The Morgan fingerprint density at radius 1 is 1.10 bits per heavy atom. The summed E-state index contributed by atoms with van der Waals surface area (Å²) in [4.78, 5) is 23.6. The van der Waals surface area contributed by atoms with Crippen LogP contribution in [0.2, 0.25) is 0 Å². The first-order valence-corrected chi connectivity index (χ1v) is 7.83. The molecule has 0 aliphatic carbocycles. The van der Waals surface area contributed by atoms with Crippen molar-refractivity contribution in [2.75, 3.05) is 19.8 Å². The molecule has 110 valence electrons. The third kappa shape index (κ3) is 4.56. The molecule has 0 spiro atoms. The first kappa shape index (κ1) is 16.6. The first-order chi connectivity index (χ1) is 9.53. The van der Waals surface area contributed by atoms with E-state index in [-0.39, 0.29) is 13.2 Å². The number of nitrogens with one attached hydrogen (secondary N) is 1. The molecule has 0 saturated carbocycles. The molecule has 0 bridgehead atoms. The van der Waals surface area contributed by atoms with Gasteiger partial charge in [0.2, 0.25) is 0 Å². The van der Waals surface area contributed by atoms with Gasteiger partial charge in [-0.1, -0.05) is 18.2 Å². The van der Waals surface area contributed by atoms with Gasteiger partial charge in [0.25, 0.3) is 11.4 Å². The number of carbonyl (C=O) groups excluding carboxylic acids is 2. The van der Waals surface area contributed by atoms with Crippen molar-refractivity contribution in [1.29, 1.82) is 0 Å². The molecule has 20 heavy (non-hydrogen) atoms. The molecule has 1 rings (SSSR count). The second kappa shape index (κ2) is 7.94. The number of benzene rings is 1. The van der Waals surface area contributed by atoms with Gasteiger partial charge in [-0.05, 0) is 26.0 Å². The highest BCUT2D eigenvalue weighted by Crippen LogP contribution is 2.48. The maximum absolute atomic E-state index is 12.1. The zero-order valence-electron chi connectivity index (χ0n) is 11.5. The highest BCUT2D eigenvalue weighted by molar-refractivity contribution is 7.71.